The second kappa shape index (κ2) is 5.44. The first kappa shape index (κ1) is 13.4. The predicted molar refractivity (Wildman–Crippen MR) is 76.5 cm³/mol. The van der Waals surface area contributed by atoms with Gasteiger partial charge in [-0.2, -0.15) is 0 Å². The lowest BCUT2D eigenvalue weighted by atomic mass is 9.98. The molecule has 1 N–H and O–H groups in total. The van der Waals surface area contributed by atoms with Gasteiger partial charge in [-0.15, -0.1) is 0 Å². The molecule has 2 aromatic rings. The third kappa shape index (κ3) is 2.67. The van der Waals surface area contributed by atoms with Crippen molar-refractivity contribution in [1.29, 1.82) is 0 Å². The Labute approximate surface area is 120 Å². The topological polar surface area (TPSA) is 41.5 Å². The smallest absolute Gasteiger partial charge is 0.249 e. The van der Waals surface area contributed by atoms with Crippen LogP contribution >= 0.6 is 0 Å². The van der Waals surface area contributed by atoms with Crippen LogP contribution in [0, 0.1) is 11.6 Å². The highest BCUT2D eigenvalue weighted by Gasteiger charge is 2.23. The molecule has 1 heterocycles. The molecule has 106 valence electrons. The molecule has 1 amide bonds. The normalized spacial score (nSPS) is 16.4. The van der Waals surface area contributed by atoms with Gasteiger partial charge in [0.1, 0.15) is 23.4 Å². The van der Waals surface area contributed by atoms with E-state index in [1.807, 2.05) is 24.3 Å². The van der Waals surface area contributed by atoms with Gasteiger partial charge in [0.15, 0.2) is 0 Å². The molecule has 0 aromatic heterocycles. The van der Waals surface area contributed by atoms with E-state index in [2.05, 4.69) is 10.3 Å². The Kier molecular flexibility index (Phi) is 3.48. The first-order chi connectivity index (χ1) is 10.1. The number of anilines is 1. The second-order valence-electron chi connectivity index (χ2n) is 4.78. The molecular weight excluding hydrogens is 274 g/mol. The summed E-state index contributed by atoms with van der Waals surface area (Å²) in [5.41, 5.74) is 1.51. The van der Waals surface area contributed by atoms with Gasteiger partial charge < -0.3 is 5.32 Å². The van der Waals surface area contributed by atoms with Crippen molar-refractivity contribution >= 4 is 17.8 Å². The van der Waals surface area contributed by atoms with Crippen molar-refractivity contribution in [2.24, 2.45) is 4.99 Å². The highest BCUT2D eigenvalue weighted by atomic mass is 19.1. The van der Waals surface area contributed by atoms with E-state index < -0.39 is 29.3 Å². The Bertz CT molecular complexity index is 708. The van der Waals surface area contributed by atoms with Gasteiger partial charge >= 0.3 is 0 Å². The first-order valence-electron chi connectivity index (χ1n) is 6.51. The quantitative estimate of drug-likeness (QED) is 0.906. The number of rotatable bonds is 2. The van der Waals surface area contributed by atoms with Crippen molar-refractivity contribution in [3.8, 4) is 0 Å². The number of carbonyl (C=O) groups is 1. The maximum Gasteiger partial charge on any atom is 0.249 e. The van der Waals surface area contributed by atoms with Crippen LogP contribution in [0.15, 0.2) is 47.5 Å². The Morgan fingerprint density at radius 1 is 1.10 bits per heavy atom. The lowest BCUT2D eigenvalue weighted by Crippen LogP contribution is -2.31. The fourth-order valence-electron chi connectivity index (χ4n) is 2.26. The Hall–Kier alpha value is -2.56. The van der Waals surface area contributed by atoms with Crippen molar-refractivity contribution < 1.29 is 13.6 Å². The van der Waals surface area contributed by atoms with E-state index in [-0.39, 0.29) is 0 Å². The molecule has 0 bridgehead atoms. The number of para-hydroxylation sites is 1. The molecule has 0 saturated heterocycles. The average molecular weight is 286 g/mol. The summed E-state index contributed by atoms with van der Waals surface area (Å²) in [5.74, 6) is -2.13. The molecule has 0 radical (unpaired) electrons. The fourth-order valence-corrected chi connectivity index (χ4v) is 2.26. The van der Waals surface area contributed by atoms with Gasteiger partial charge in [0, 0.05) is 12.6 Å². The van der Waals surface area contributed by atoms with Crippen LogP contribution in [-0.4, -0.2) is 18.2 Å². The van der Waals surface area contributed by atoms with E-state index in [0.717, 1.165) is 23.3 Å². The Balaban J connectivity index is 1.79. The number of halogens is 2. The van der Waals surface area contributed by atoms with Crippen molar-refractivity contribution in [2.45, 2.75) is 12.5 Å². The third-order valence-electron chi connectivity index (χ3n) is 3.38. The standard InChI is InChI=1S/C16H12F2N2O/c17-12-6-3-7-13(18)15(12)20-16(21)14-8-10-4-1-2-5-11(10)9-19-14/h1-7,9,14H,8H2,(H,20,21). The monoisotopic (exact) mass is 286 g/mol. The lowest BCUT2D eigenvalue weighted by molar-refractivity contribution is -0.117. The van der Waals surface area contributed by atoms with E-state index >= 15 is 0 Å². The number of fused-ring (bicyclic) bond motifs is 1. The van der Waals surface area contributed by atoms with Crippen LogP contribution in [0.3, 0.4) is 0 Å². The van der Waals surface area contributed by atoms with Crippen molar-refractivity contribution in [2.75, 3.05) is 5.32 Å². The summed E-state index contributed by atoms with van der Waals surface area (Å²) < 4.78 is 27.0. The largest absolute Gasteiger partial charge is 0.319 e. The van der Waals surface area contributed by atoms with Crippen LogP contribution in [0.4, 0.5) is 14.5 Å². The van der Waals surface area contributed by atoms with E-state index in [1.165, 1.54) is 6.07 Å². The van der Waals surface area contributed by atoms with E-state index in [4.69, 9.17) is 0 Å². The number of carbonyl (C=O) groups excluding carboxylic acids is 1. The molecule has 0 fully saturated rings. The molecule has 0 spiro atoms. The summed E-state index contributed by atoms with van der Waals surface area (Å²) in [6.45, 7) is 0. The van der Waals surface area contributed by atoms with Gasteiger partial charge in [0.25, 0.3) is 0 Å². The van der Waals surface area contributed by atoms with Crippen molar-refractivity contribution in [1.82, 2.24) is 0 Å². The maximum atomic E-state index is 13.5. The van der Waals surface area contributed by atoms with E-state index in [9.17, 15) is 13.6 Å². The van der Waals surface area contributed by atoms with E-state index in [0.29, 0.717) is 6.42 Å². The minimum absolute atomic E-state index is 0.411. The number of hydrogen-bond acceptors (Lipinski definition) is 2. The fraction of sp³-hybridized carbons (Fsp3) is 0.125. The van der Waals surface area contributed by atoms with Gasteiger partial charge in [-0.1, -0.05) is 30.3 Å². The summed E-state index contributed by atoms with van der Waals surface area (Å²) in [6.07, 6.45) is 2.02. The molecule has 0 saturated carbocycles. The number of nitrogens with zero attached hydrogens (tertiary/aromatic N) is 1. The second-order valence-corrected chi connectivity index (χ2v) is 4.78. The van der Waals surface area contributed by atoms with Gasteiger partial charge in [-0.3, -0.25) is 9.79 Å². The zero-order valence-corrected chi connectivity index (χ0v) is 11.0. The average Bonchev–Trinajstić information content (AvgIpc) is 2.50. The van der Waals surface area contributed by atoms with Gasteiger partial charge in [0.2, 0.25) is 5.91 Å². The van der Waals surface area contributed by atoms with Crippen LogP contribution < -0.4 is 5.32 Å². The predicted octanol–water partition coefficient (Wildman–Crippen LogP) is 2.95. The minimum atomic E-state index is -0.802. The van der Waals surface area contributed by atoms with Gasteiger partial charge in [0.05, 0.1) is 0 Å². The Morgan fingerprint density at radius 2 is 1.81 bits per heavy atom. The summed E-state index contributed by atoms with van der Waals surface area (Å²) >= 11 is 0. The summed E-state index contributed by atoms with van der Waals surface area (Å²) in [5, 5.41) is 2.28. The molecule has 21 heavy (non-hydrogen) atoms. The van der Waals surface area contributed by atoms with Crippen molar-refractivity contribution in [3.05, 3.63) is 65.2 Å². The summed E-state index contributed by atoms with van der Waals surface area (Å²) in [6, 6.07) is 10.3. The summed E-state index contributed by atoms with van der Waals surface area (Å²) in [4.78, 5) is 16.3. The number of benzene rings is 2. The highest BCUT2D eigenvalue weighted by Crippen LogP contribution is 2.21. The van der Waals surface area contributed by atoms with Crippen LogP contribution in [0.2, 0.25) is 0 Å². The zero-order chi connectivity index (χ0) is 14.8. The number of aliphatic imine (C=N–C) groups is 1. The minimum Gasteiger partial charge on any atom is -0.319 e. The lowest BCUT2D eigenvalue weighted by Gasteiger charge is -2.18. The number of amides is 1. The molecular formula is C16H12F2N2O. The Morgan fingerprint density at radius 3 is 2.57 bits per heavy atom. The zero-order valence-electron chi connectivity index (χ0n) is 11.0. The number of hydrogen-bond donors (Lipinski definition) is 1. The van der Waals surface area contributed by atoms with Crippen LogP contribution in [0.1, 0.15) is 11.1 Å². The third-order valence-corrected chi connectivity index (χ3v) is 3.38. The van der Waals surface area contributed by atoms with E-state index in [1.54, 1.807) is 6.21 Å². The molecule has 3 nitrogen and oxygen atoms in total. The SMILES string of the molecule is O=C(Nc1c(F)cccc1F)C1Cc2ccccc2C=N1. The highest BCUT2D eigenvalue weighted by molar-refractivity contribution is 5.98. The molecule has 5 heteroatoms. The summed E-state index contributed by atoms with van der Waals surface area (Å²) in [7, 11) is 0. The van der Waals surface area contributed by atoms with Crippen LogP contribution in [0.5, 0.6) is 0 Å². The molecule has 3 rings (SSSR count). The molecule has 1 atom stereocenters. The molecule has 2 aromatic carbocycles. The molecule has 1 aliphatic rings. The molecule has 1 unspecified atom stereocenters. The van der Waals surface area contributed by atoms with Gasteiger partial charge in [-0.25, -0.2) is 8.78 Å². The van der Waals surface area contributed by atoms with Crippen LogP contribution in [-0.2, 0) is 11.2 Å². The number of nitrogens with one attached hydrogen (secondary N) is 1. The first-order valence-corrected chi connectivity index (χ1v) is 6.51. The van der Waals surface area contributed by atoms with Crippen molar-refractivity contribution in [3.63, 3.8) is 0 Å². The maximum absolute atomic E-state index is 13.5. The molecule has 1 aliphatic heterocycles. The van der Waals surface area contributed by atoms with Crippen LogP contribution in [0.25, 0.3) is 0 Å². The molecule has 0 aliphatic carbocycles. The van der Waals surface area contributed by atoms with Gasteiger partial charge in [-0.05, 0) is 23.3 Å².